The zero-order chi connectivity index (χ0) is 24.8. The number of hydrogen-bond acceptors (Lipinski definition) is 8. The SMILES string of the molecule is COc1ccc(-n2c(SCC(=O)N/N=C\c3cccc([N+](=O)[O-])c3)nc3ccccc3c2=O)cc1. The highest BCUT2D eigenvalue weighted by Gasteiger charge is 2.15. The minimum absolute atomic E-state index is 0.0623. The molecule has 1 N–H and O–H groups in total. The highest BCUT2D eigenvalue weighted by molar-refractivity contribution is 7.99. The molecule has 0 saturated heterocycles. The zero-order valence-corrected chi connectivity index (χ0v) is 19.3. The van der Waals surface area contributed by atoms with Crippen molar-refractivity contribution < 1.29 is 14.5 Å². The fourth-order valence-corrected chi connectivity index (χ4v) is 4.03. The third kappa shape index (κ3) is 5.53. The van der Waals surface area contributed by atoms with Gasteiger partial charge in [-0.25, -0.2) is 10.4 Å². The smallest absolute Gasteiger partial charge is 0.270 e. The Morgan fingerprint density at radius 3 is 2.69 bits per heavy atom. The van der Waals surface area contributed by atoms with Crippen molar-refractivity contribution >= 4 is 40.5 Å². The molecule has 0 bridgehead atoms. The van der Waals surface area contributed by atoms with Gasteiger partial charge in [0, 0.05) is 17.7 Å². The average Bonchev–Trinajstić information content (AvgIpc) is 2.88. The molecule has 11 heteroatoms. The van der Waals surface area contributed by atoms with Gasteiger partial charge >= 0.3 is 0 Å². The number of fused-ring (bicyclic) bond motifs is 1. The summed E-state index contributed by atoms with van der Waals surface area (Å²) in [5.74, 6) is 0.152. The molecule has 4 rings (SSSR count). The molecule has 3 aromatic carbocycles. The van der Waals surface area contributed by atoms with Crippen molar-refractivity contribution in [2.24, 2.45) is 5.10 Å². The number of thioether (sulfide) groups is 1. The Kier molecular flexibility index (Phi) is 7.17. The number of para-hydroxylation sites is 1. The van der Waals surface area contributed by atoms with Crippen LogP contribution in [-0.4, -0.2) is 39.5 Å². The topological polar surface area (TPSA) is 129 Å². The van der Waals surface area contributed by atoms with Crippen molar-refractivity contribution in [3.05, 3.63) is 98.8 Å². The average molecular weight is 490 g/mol. The lowest BCUT2D eigenvalue weighted by molar-refractivity contribution is -0.384. The molecule has 1 heterocycles. The fourth-order valence-electron chi connectivity index (χ4n) is 3.23. The van der Waals surface area contributed by atoms with E-state index in [0.29, 0.717) is 33.1 Å². The molecule has 0 radical (unpaired) electrons. The second kappa shape index (κ2) is 10.6. The zero-order valence-electron chi connectivity index (χ0n) is 18.5. The summed E-state index contributed by atoms with van der Waals surface area (Å²) in [6.07, 6.45) is 1.32. The van der Waals surface area contributed by atoms with Gasteiger partial charge in [0.15, 0.2) is 5.16 Å². The number of carbonyl (C=O) groups is 1. The van der Waals surface area contributed by atoms with E-state index in [1.807, 2.05) is 0 Å². The van der Waals surface area contributed by atoms with E-state index in [0.717, 1.165) is 11.8 Å². The predicted molar refractivity (Wildman–Crippen MR) is 133 cm³/mol. The summed E-state index contributed by atoms with van der Waals surface area (Å²) in [7, 11) is 1.56. The lowest BCUT2D eigenvalue weighted by atomic mass is 10.2. The van der Waals surface area contributed by atoms with E-state index in [9.17, 15) is 19.7 Å². The molecule has 1 aromatic heterocycles. The molecule has 1 amide bonds. The molecule has 0 spiro atoms. The number of benzene rings is 3. The Bertz CT molecular complexity index is 1480. The van der Waals surface area contributed by atoms with Gasteiger partial charge in [-0.1, -0.05) is 36.0 Å². The van der Waals surface area contributed by atoms with E-state index >= 15 is 0 Å². The molecule has 4 aromatic rings. The van der Waals surface area contributed by atoms with Crippen LogP contribution >= 0.6 is 11.8 Å². The maximum absolute atomic E-state index is 13.3. The van der Waals surface area contributed by atoms with Gasteiger partial charge in [0.25, 0.3) is 17.2 Å². The molecular formula is C24H19N5O5S. The number of hydrazone groups is 1. The maximum Gasteiger partial charge on any atom is 0.270 e. The van der Waals surface area contributed by atoms with Crippen LogP contribution in [0.2, 0.25) is 0 Å². The lowest BCUT2D eigenvalue weighted by Gasteiger charge is -2.13. The molecule has 0 fully saturated rings. The number of carbonyl (C=O) groups excluding carboxylic acids is 1. The number of ether oxygens (including phenoxy) is 1. The largest absolute Gasteiger partial charge is 0.497 e. The quantitative estimate of drug-likeness (QED) is 0.132. The minimum atomic E-state index is -0.508. The van der Waals surface area contributed by atoms with Crippen molar-refractivity contribution in [3.8, 4) is 11.4 Å². The Morgan fingerprint density at radius 1 is 1.17 bits per heavy atom. The number of nitro groups is 1. The van der Waals surface area contributed by atoms with E-state index < -0.39 is 10.8 Å². The van der Waals surface area contributed by atoms with Gasteiger partial charge < -0.3 is 4.74 Å². The lowest BCUT2D eigenvalue weighted by Crippen LogP contribution is -2.24. The van der Waals surface area contributed by atoms with E-state index in [4.69, 9.17) is 4.74 Å². The van der Waals surface area contributed by atoms with Gasteiger partial charge in [-0.05, 0) is 36.4 Å². The molecular weight excluding hydrogens is 470 g/mol. The number of non-ortho nitro benzene ring substituents is 1. The fraction of sp³-hybridized carbons (Fsp3) is 0.0833. The van der Waals surface area contributed by atoms with Gasteiger partial charge in [-0.15, -0.1) is 0 Å². The van der Waals surface area contributed by atoms with Crippen LogP contribution in [0.4, 0.5) is 5.69 Å². The van der Waals surface area contributed by atoms with Gasteiger partial charge in [-0.3, -0.25) is 24.3 Å². The second-order valence-electron chi connectivity index (χ2n) is 7.18. The maximum atomic E-state index is 13.3. The monoisotopic (exact) mass is 489 g/mol. The van der Waals surface area contributed by atoms with Crippen LogP contribution in [0.25, 0.3) is 16.6 Å². The number of nitro benzene ring substituents is 1. The Hall–Kier alpha value is -4.51. The molecule has 0 aliphatic rings. The second-order valence-corrected chi connectivity index (χ2v) is 8.13. The molecule has 0 atom stereocenters. The molecule has 0 aliphatic heterocycles. The Labute approximate surface area is 203 Å². The number of aromatic nitrogens is 2. The first-order valence-corrected chi connectivity index (χ1v) is 11.3. The molecule has 35 heavy (non-hydrogen) atoms. The summed E-state index contributed by atoms with van der Waals surface area (Å²) in [6, 6.07) is 19.8. The first kappa shape index (κ1) is 23.6. The number of hydrogen-bond donors (Lipinski definition) is 1. The summed E-state index contributed by atoms with van der Waals surface area (Å²) in [4.78, 5) is 40.6. The third-order valence-electron chi connectivity index (χ3n) is 4.89. The molecule has 0 aliphatic carbocycles. The van der Waals surface area contributed by atoms with Crippen molar-refractivity contribution in [2.45, 2.75) is 5.16 Å². The number of nitrogens with one attached hydrogen (secondary N) is 1. The van der Waals surface area contributed by atoms with Gasteiger partial charge in [0.05, 0.1) is 40.6 Å². The van der Waals surface area contributed by atoms with E-state index in [1.165, 1.54) is 29.0 Å². The summed E-state index contributed by atoms with van der Waals surface area (Å²) in [5, 5.41) is 15.5. The Balaban J connectivity index is 1.54. The normalized spacial score (nSPS) is 11.0. The summed E-state index contributed by atoms with van der Waals surface area (Å²) in [5.41, 5.74) is 3.63. The molecule has 176 valence electrons. The van der Waals surface area contributed by atoms with Crippen molar-refractivity contribution in [2.75, 3.05) is 12.9 Å². The van der Waals surface area contributed by atoms with Crippen LogP contribution in [0, 0.1) is 10.1 Å². The van der Waals surface area contributed by atoms with Crippen LogP contribution < -0.4 is 15.7 Å². The van der Waals surface area contributed by atoms with Crippen molar-refractivity contribution in [3.63, 3.8) is 0 Å². The molecule has 0 saturated carbocycles. The van der Waals surface area contributed by atoms with Crippen LogP contribution in [-0.2, 0) is 4.79 Å². The first-order chi connectivity index (χ1) is 17.0. The third-order valence-corrected chi connectivity index (χ3v) is 5.83. The van der Waals surface area contributed by atoms with Crippen molar-refractivity contribution in [1.29, 1.82) is 0 Å². The predicted octanol–water partition coefficient (Wildman–Crippen LogP) is 3.54. The summed E-state index contributed by atoms with van der Waals surface area (Å²) < 4.78 is 6.65. The van der Waals surface area contributed by atoms with Crippen LogP contribution in [0.5, 0.6) is 5.75 Å². The van der Waals surface area contributed by atoms with Gasteiger partial charge in [-0.2, -0.15) is 5.10 Å². The van der Waals surface area contributed by atoms with Gasteiger partial charge in [0.1, 0.15) is 5.75 Å². The van der Waals surface area contributed by atoms with E-state index in [1.54, 1.807) is 61.7 Å². The molecule has 0 unspecified atom stereocenters. The highest BCUT2D eigenvalue weighted by atomic mass is 32.2. The number of rotatable bonds is 8. The summed E-state index contributed by atoms with van der Waals surface area (Å²) in [6.45, 7) is 0. The van der Waals surface area contributed by atoms with Crippen LogP contribution in [0.15, 0.2) is 87.8 Å². The number of methoxy groups -OCH3 is 1. The van der Waals surface area contributed by atoms with Gasteiger partial charge in [0.2, 0.25) is 0 Å². The minimum Gasteiger partial charge on any atom is -0.497 e. The highest BCUT2D eigenvalue weighted by Crippen LogP contribution is 2.22. The standard InChI is InChI=1S/C24H19N5O5S/c1-34-19-11-9-17(10-12-19)28-23(31)20-7-2-3-8-21(20)26-24(28)35-15-22(30)27-25-14-16-5-4-6-18(13-16)29(32)33/h2-14H,15H2,1H3,(H,27,30)/b25-14-. The van der Waals surface area contributed by atoms with Crippen LogP contribution in [0.1, 0.15) is 5.56 Å². The van der Waals surface area contributed by atoms with Crippen molar-refractivity contribution in [1.82, 2.24) is 15.0 Å². The van der Waals surface area contributed by atoms with E-state index in [-0.39, 0.29) is 17.0 Å². The molecule has 10 nitrogen and oxygen atoms in total. The summed E-state index contributed by atoms with van der Waals surface area (Å²) >= 11 is 1.09. The van der Waals surface area contributed by atoms with E-state index in [2.05, 4.69) is 15.5 Å². The number of amides is 1. The van der Waals surface area contributed by atoms with Crippen LogP contribution in [0.3, 0.4) is 0 Å². The Morgan fingerprint density at radius 2 is 1.94 bits per heavy atom. The number of nitrogens with zero attached hydrogens (tertiary/aromatic N) is 4. The first-order valence-electron chi connectivity index (χ1n) is 10.3.